The highest BCUT2D eigenvalue weighted by Crippen LogP contribution is 2.40. The zero-order chi connectivity index (χ0) is 28.5. The van der Waals surface area contributed by atoms with Gasteiger partial charge in [-0.25, -0.2) is 4.79 Å². The minimum absolute atomic E-state index is 0.0627. The Morgan fingerprint density at radius 1 is 0.842 bits per heavy atom. The number of amides is 1. The molecular weight excluding hydrogens is 516 g/mol. The van der Waals surface area contributed by atoms with Crippen LogP contribution in [0.2, 0.25) is 0 Å². The van der Waals surface area contributed by atoms with Crippen molar-refractivity contribution in [2.75, 3.05) is 4.90 Å². The van der Waals surface area contributed by atoms with E-state index in [0.717, 1.165) is 42.0 Å². The molecule has 0 heterocycles. The van der Waals surface area contributed by atoms with Gasteiger partial charge in [-0.05, 0) is 51.9 Å². The van der Waals surface area contributed by atoms with Crippen LogP contribution in [0.4, 0.5) is 32.0 Å². The first-order valence-electron chi connectivity index (χ1n) is 11.2. The predicted octanol–water partition coefficient (Wildman–Crippen LogP) is 7.19. The molecule has 0 aliphatic rings. The number of hydrogen-bond donors (Lipinski definition) is 1. The van der Waals surface area contributed by atoms with Crippen molar-refractivity contribution < 1.29 is 45.8 Å². The van der Waals surface area contributed by atoms with Crippen molar-refractivity contribution in [3.63, 3.8) is 0 Å². The highest BCUT2D eigenvalue weighted by atomic mass is 19.4. The van der Waals surface area contributed by atoms with Gasteiger partial charge in [0.15, 0.2) is 0 Å². The molecule has 11 heteroatoms. The molecule has 0 saturated carbocycles. The van der Waals surface area contributed by atoms with Gasteiger partial charge in [0.05, 0.1) is 12.1 Å². The molecule has 0 aliphatic heterocycles. The zero-order valence-electron chi connectivity index (χ0n) is 20.4. The second kappa shape index (κ2) is 10.4. The maximum atomic E-state index is 14.0. The normalized spacial score (nSPS) is 12.2. The van der Waals surface area contributed by atoms with Crippen LogP contribution in [-0.4, -0.2) is 23.3 Å². The predicted molar refractivity (Wildman–Crippen MR) is 128 cm³/mol. The average Bonchev–Trinajstić information content (AvgIpc) is 2.80. The van der Waals surface area contributed by atoms with Gasteiger partial charge in [-0.1, -0.05) is 63.2 Å². The van der Waals surface area contributed by atoms with Gasteiger partial charge >= 0.3 is 24.4 Å². The summed E-state index contributed by atoms with van der Waals surface area (Å²) in [6.07, 6.45) is -9.90. The van der Waals surface area contributed by atoms with E-state index < -0.39 is 35.7 Å². The van der Waals surface area contributed by atoms with Crippen molar-refractivity contribution in [2.24, 2.45) is 0 Å². The number of hydrogen-bond acceptors (Lipinski definition) is 3. The molecule has 0 saturated heterocycles. The van der Waals surface area contributed by atoms with Crippen molar-refractivity contribution in [1.82, 2.24) is 0 Å². The minimum atomic E-state index is -4.96. The second-order valence-electron chi connectivity index (χ2n) is 9.44. The highest BCUT2D eigenvalue weighted by Gasteiger charge is 2.36. The Bertz CT molecular complexity index is 1310. The Balaban J connectivity index is 2.03. The summed E-state index contributed by atoms with van der Waals surface area (Å²) < 4.78 is 83.1. The number of carbonyl (C=O) groups is 2. The zero-order valence-corrected chi connectivity index (χ0v) is 20.4. The van der Waals surface area contributed by atoms with Gasteiger partial charge in [0.2, 0.25) is 0 Å². The van der Waals surface area contributed by atoms with Crippen LogP contribution < -0.4 is 9.64 Å². The first kappa shape index (κ1) is 28.5. The summed E-state index contributed by atoms with van der Waals surface area (Å²) in [6, 6.07) is 13.5. The molecule has 0 radical (unpaired) electrons. The summed E-state index contributed by atoms with van der Waals surface area (Å²) in [7, 11) is 0. The van der Waals surface area contributed by atoms with Gasteiger partial charge in [0.1, 0.15) is 5.75 Å². The number of ether oxygens (including phenoxy) is 1. The SMILES string of the molecule is CC(C)(C)c1ccc(CN(C(=O)C(=O)O)c2ccc(-c3ccc(OC(F)(F)F)cc3)c(C(F)(F)F)c2)cc1. The van der Waals surface area contributed by atoms with E-state index in [1.54, 1.807) is 24.3 Å². The van der Waals surface area contributed by atoms with Crippen LogP contribution in [0.25, 0.3) is 11.1 Å². The fourth-order valence-corrected chi connectivity index (χ4v) is 3.71. The first-order chi connectivity index (χ1) is 17.5. The number of alkyl halides is 6. The van der Waals surface area contributed by atoms with Crippen LogP contribution in [-0.2, 0) is 27.7 Å². The van der Waals surface area contributed by atoms with Crippen LogP contribution in [0.1, 0.15) is 37.5 Å². The van der Waals surface area contributed by atoms with Crippen molar-refractivity contribution in [3.05, 3.63) is 83.4 Å². The molecule has 3 rings (SSSR count). The molecule has 0 aromatic heterocycles. The number of nitrogens with zero attached hydrogens (tertiary/aromatic N) is 1. The minimum Gasteiger partial charge on any atom is -0.474 e. The smallest absolute Gasteiger partial charge is 0.474 e. The van der Waals surface area contributed by atoms with E-state index in [2.05, 4.69) is 4.74 Å². The van der Waals surface area contributed by atoms with E-state index in [1.165, 1.54) is 0 Å². The molecule has 0 fully saturated rings. The Morgan fingerprint density at radius 2 is 1.42 bits per heavy atom. The Labute approximate surface area is 214 Å². The van der Waals surface area contributed by atoms with Gasteiger partial charge in [-0.3, -0.25) is 9.69 Å². The molecule has 3 aromatic rings. The largest absolute Gasteiger partial charge is 0.573 e. The second-order valence-corrected chi connectivity index (χ2v) is 9.44. The third kappa shape index (κ3) is 7.05. The number of carbonyl (C=O) groups excluding carboxylic acids is 1. The summed E-state index contributed by atoms with van der Waals surface area (Å²) in [6.45, 7) is 5.65. The number of carboxylic acid groups (broad SMARTS) is 1. The summed E-state index contributed by atoms with van der Waals surface area (Å²) in [5, 5.41) is 9.31. The molecule has 0 atom stereocenters. The Kier molecular flexibility index (Phi) is 7.81. The molecule has 0 aliphatic carbocycles. The van der Waals surface area contributed by atoms with Crippen molar-refractivity contribution >= 4 is 17.6 Å². The standard InChI is InChI=1S/C27H23F6NO4/c1-25(2,3)18-8-4-16(5-9-18)15-34(23(35)24(36)37)19-10-13-21(22(14-19)26(28,29)30)17-6-11-20(12-7-17)38-27(31,32)33/h4-14H,15H2,1-3H3,(H,36,37). The number of benzene rings is 3. The first-order valence-corrected chi connectivity index (χ1v) is 11.2. The fourth-order valence-electron chi connectivity index (χ4n) is 3.71. The number of carboxylic acids is 1. The molecule has 1 amide bonds. The van der Waals surface area contributed by atoms with Crippen LogP contribution in [0.5, 0.6) is 5.75 Å². The highest BCUT2D eigenvalue weighted by molar-refractivity contribution is 6.37. The average molecular weight is 539 g/mol. The van der Waals surface area contributed by atoms with E-state index in [9.17, 15) is 41.0 Å². The molecule has 38 heavy (non-hydrogen) atoms. The van der Waals surface area contributed by atoms with E-state index in [4.69, 9.17) is 0 Å². The fraction of sp³-hybridized carbons (Fsp3) is 0.259. The summed E-state index contributed by atoms with van der Waals surface area (Å²) in [5.74, 6) is -3.89. The number of halogens is 6. The van der Waals surface area contributed by atoms with Gasteiger partial charge < -0.3 is 9.84 Å². The van der Waals surface area contributed by atoms with Gasteiger partial charge in [0, 0.05) is 5.69 Å². The maximum absolute atomic E-state index is 14.0. The maximum Gasteiger partial charge on any atom is 0.573 e. The molecular formula is C27H23F6NO4. The van der Waals surface area contributed by atoms with E-state index in [0.29, 0.717) is 16.5 Å². The lowest BCUT2D eigenvalue weighted by Crippen LogP contribution is -2.36. The summed E-state index contributed by atoms with van der Waals surface area (Å²) in [4.78, 5) is 24.7. The van der Waals surface area contributed by atoms with E-state index in [-0.39, 0.29) is 28.8 Å². The summed E-state index contributed by atoms with van der Waals surface area (Å²) >= 11 is 0. The molecule has 1 N–H and O–H groups in total. The quantitative estimate of drug-likeness (QED) is 0.275. The van der Waals surface area contributed by atoms with Crippen LogP contribution in [0.15, 0.2) is 66.7 Å². The van der Waals surface area contributed by atoms with Crippen molar-refractivity contribution in [2.45, 2.75) is 45.3 Å². The number of anilines is 1. The van der Waals surface area contributed by atoms with Crippen LogP contribution >= 0.6 is 0 Å². The van der Waals surface area contributed by atoms with Crippen LogP contribution in [0, 0.1) is 0 Å². The van der Waals surface area contributed by atoms with Gasteiger partial charge in [-0.15, -0.1) is 13.2 Å². The Hall–Kier alpha value is -4.02. The van der Waals surface area contributed by atoms with Crippen molar-refractivity contribution in [1.29, 1.82) is 0 Å². The third-order valence-electron chi connectivity index (χ3n) is 5.61. The van der Waals surface area contributed by atoms with E-state index in [1.807, 2.05) is 20.8 Å². The van der Waals surface area contributed by atoms with Crippen molar-refractivity contribution in [3.8, 4) is 16.9 Å². The molecule has 3 aromatic carbocycles. The molecule has 5 nitrogen and oxygen atoms in total. The number of rotatable bonds is 5. The third-order valence-corrected chi connectivity index (χ3v) is 5.61. The molecule has 0 spiro atoms. The van der Waals surface area contributed by atoms with Crippen LogP contribution in [0.3, 0.4) is 0 Å². The lowest BCUT2D eigenvalue weighted by molar-refractivity contribution is -0.274. The van der Waals surface area contributed by atoms with E-state index >= 15 is 0 Å². The molecule has 0 bridgehead atoms. The lowest BCUT2D eigenvalue weighted by Gasteiger charge is -2.24. The molecule has 202 valence electrons. The van der Waals surface area contributed by atoms with Gasteiger partial charge in [-0.2, -0.15) is 13.2 Å². The monoisotopic (exact) mass is 539 g/mol. The molecule has 0 unspecified atom stereocenters. The number of aliphatic carboxylic acids is 1. The van der Waals surface area contributed by atoms with Gasteiger partial charge in [0.25, 0.3) is 0 Å². The summed E-state index contributed by atoms with van der Waals surface area (Å²) in [5.41, 5.74) is -0.678. The Morgan fingerprint density at radius 3 is 1.89 bits per heavy atom. The topological polar surface area (TPSA) is 66.8 Å². The lowest BCUT2D eigenvalue weighted by atomic mass is 9.87.